The Morgan fingerprint density at radius 2 is 1.85 bits per heavy atom. The van der Waals surface area contributed by atoms with E-state index in [4.69, 9.17) is 0 Å². The largest absolute Gasteiger partial charge is 0.477 e. The van der Waals surface area contributed by atoms with Crippen LogP contribution in [0.1, 0.15) is 42.0 Å². The molecular formula is C17H21NO2. The molecule has 0 amide bonds. The third-order valence-electron chi connectivity index (χ3n) is 3.45. The van der Waals surface area contributed by atoms with Crippen LogP contribution in [0.25, 0.3) is 0 Å². The molecule has 0 aliphatic rings. The van der Waals surface area contributed by atoms with Gasteiger partial charge >= 0.3 is 5.97 Å². The molecule has 0 unspecified atom stereocenters. The van der Waals surface area contributed by atoms with Crippen LogP contribution in [0.2, 0.25) is 0 Å². The van der Waals surface area contributed by atoms with Gasteiger partial charge < -0.3 is 9.67 Å². The van der Waals surface area contributed by atoms with Crippen LogP contribution in [0.5, 0.6) is 0 Å². The number of benzene rings is 1. The second-order valence-electron chi connectivity index (χ2n) is 5.52. The molecule has 0 aliphatic heterocycles. The highest BCUT2D eigenvalue weighted by molar-refractivity contribution is 5.86. The summed E-state index contributed by atoms with van der Waals surface area (Å²) in [5.41, 5.74) is 2.59. The maximum atomic E-state index is 11.3. The van der Waals surface area contributed by atoms with Gasteiger partial charge in [0.15, 0.2) is 0 Å². The molecule has 0 spiro atoms. The molecule has 1 N–H and O–H groups in total. The van der Waals surface area contributed by atoms with Crippen molar-refractivity contribution in [3.8, 4) is 0 Å². The molecule has 20 heavy (non-hydrogen) atoms. The fourth-order valence-electron chi connectivity index (χ4n) is 2.30. The molecule has 3 nitrogen and oxygen atoms in total. The van der Waals surface area contributed by atoms with Crippen molar-refractivity contribution < 1.29 is 9.90 Å². The molecular weight excluding hydrogens is 250 g/mol. The number of hydrogen-bond acceptors (Lipinski definition) is 1. The summed E-state index contributed by atoms with van der Waals surface area (Å²) in [6, 6.07) is 13.6. The minimum atomic E-state index is -0.864. The van der Waals surface area contributed by atoms with E-state index < -0.39 is 5.97 Å². The Hall–Kier alpha value is -2.03. The number of nitrogens with zero attached hydrogens (tertiary/aromatic N) is 1. The second kappa shape index (κ2) is 6.42. The van der Waals surface area contributed by atoms with Gasteiger partial charge in [0.25, 0.3) is 0 Å². The monoisotopic (exact) mass is 271 g/mol. The summed E-state index contributed by atoms with van der Waals surface area (Å²) in [6.07, 6.45) is 1.98. The first kappa shape index (κ1) is 14.4. The van der Waals surface area contributed by atoms with Crippen LogP contribution in [0.3, 0.4) is 0 Å². The number of hydrogen-bond donors (Lipinski definition) is 1. The van der Waals surface area contributed by atoms with Crippen LogP contribution in [0.15, 0.2) is 42.5 Å². The van der Waals surface area contributed by atoms with E-state index in [0.29, 0.717) is 18.2 Å². The molecule has 2 aromatic rings. The lowest BCUT2D eigenvalue weighted by Crippen LogP contribution is -2.12. The summed E-state index contributed by atoms with van der Waals surface area (Å²) in [4.78, 5) is 11.3. The van der Waals surface area contributed by atoms with Crippen LogP contribution in [-0.2, 0) is 13.0 Å². The zero-order valence-electron chi connectivity index (χ0n) is 12.0. The lowest BCUT2D eigenvalue weighted by Gasteiger charge is -2.13. The number of rotatable bonds is 6. The van der Waals surface area contributed by atoms with E-state index in [0.717, 1.165) is 24.1 Å². The van der Waals surface area contributed by atoms with Gasteiger partial charge in [-0.25, -0.2) is 4.79 Å². The van der Waals surface area contributed by atoms with Gasteiger partial charge in [0.1, 0.15) is 5.69 Å². The summed E-state index contributed by atoms with van der Waals surface area (Å²) >= 11 is 0. The highest BCUT2D eigenvalue weighted by atomic mass is 16.4. The summed E-state index contributed by atoms with van der Waals surface area (Å²) in [6.45, 7) is 4.98. The smallest absolute Gasteiger partial charge is 0.352 e. The van der Waals surface area contributed by atoms with E-state index in [1.165, 1.54) is 0 Å². The van der Waals surface area contributed by atoms with E-state index in [1.807, 2.05) is 41.0 Å². The lowest BCUT2D eigenvalue weighted by molar-refractivity contribution is 0.0685. The minimum Gasteiger partial charge on any atom is -0.477 e. The quantitative estimate of drug-likeness (QED) is 0.867. The highest BCUT2D eigenvalue weighted by Crippen LogP contribution is 2.16. The first-order valence-electron chi connectivity index (χ1n) is 7.03. The van der Waals surface area contributed by atoms with Crippen LogP contribution < -0.4 is 0 Å². The van der Waals surface area contributed by atoms with Gasteiger partial charge in [-0.05, 0) is 36.5 Å². The molecule has 106 valence electrons. The molecule has 0 saturated heterocycles. The van der Waals surface area contributed by atoms with E-state index >= 15 is 0 Å². The predicted octanol–water partition coefficient (Wildman–Crippen LogP) is 3.82. The van der Waals surface area contributed by atoms with Gasteiger partial charge in [-0.15, -0.1) is 0 Å². The van der Waals surface area contributed by atoms with Crippen molar-refractivity contribution in [3.63, 3.8) is 0 Å². The Morgan fingerprint density at radius 1 is 1.15 bits per heavy atom. The van der Waals surface area contributed by atoms with Gasteiger partial charge in [-0.3, -0.25) is 0 Å². The van der Waals surface area contributed by atoms with Crippen molar-refractivity contribution >= 4 is 5.97 Å². The van der Waals surface area contributed by atoms with E-state index in [-0.39, 0.29) is 0 Å². The van der Waals surface area contributed by atoms with Crippen molar-refractivity contribution in [2.45, 2.75) is 33.2 Å². The van der Waals surface area contributed by atoms with Crippen LogP contribution >= 0.6 is 0 Å². The number of carboxylic acid groups (broad SMARTS) is 1. The Kier molecular flexibility index (Phi) is 4.61. The van der Waals surface area contributed by atoms with Gasteiger partial charge in [0.05, 0.1) is 0 Å². The molecule has 0 fully saturated rings. The molecule has 1 heterocycles. The number of carboxylic acids is 1. The molecule has 0 saturated carbocycles. The van der Waals surface area contributed by atoms with Gasteiger partial charge in [-0.1, -0.05) is 44.2 Å². The normalized spacial score (nSPS) is 10.9. The van der Waals surface area contributed by atoms with E-state index in [1.54, 1.807) is 6.07 Å². The fraction of sp³-hybridized carbons (Fsp3) is 0.353. The maximum absolute atomic E-state index is 11.3. The predicted molar refractivity (Wildman–Crippen MR) is 80.1 cm³/mol. The first-order chi connectivity index (χ1) is 9.58. The molecule has 1 aromatic carbocycles. The highest BCUT2D eigenvalue weighted by Gasteiger charge is 2.14. The van der Waals surface area contributed by atoms with Gasteiger partial charge in [-0.2, -0.15) is 0 Å². The molecule has 0 atom stereocenters. The minimum absolute atomic E-state index is 0.368. The van der Waals surface area contributed by atoms with Gasteiger partial charge in [0.2, 0.25) is 0 Å². The third kappa shape index (κ3) is 3.50. The zero-order chi connectivity index (χ0) is 14.5. The molecule has 0 radical (unpaired) electrons. The van der Waals surface area contributed by atoms with Crippen LogP contribution in [0, 0.1) is 5.92 Å². The summed E-state index contributed by atoms with van der Waals surface area (Å²) < 4.78 is 1.92. The average Bonchev–Trinajstić information content (AvgIpc) is 2.80. The van der Waals surface area contributed by atoms with E-state index in [2.05, 4.69) is 13.8 Å². The van der Waals surface area contributed by atoms with Crippen molar-refractivity contribution in [1.29, 1.82) is 0 Å². The molecule has 3 heteroatoms. The van der Waals surface area contributed by atoms with Crippen LogP contribution in [0.4, 0.5) is 0 Å². The number of aromatic carboxylic acids is 1. The second-order valence-corrected chi connectivity index (χ2v) is 5.52. The fourth-order valence-corrected chi connectivity index (χ4v) is 2.30. The Labute approximate surface area is 119 Å². The summed E-state index contributed by atoms with van der Waals surface area (Å²) in [5.74, 6) is -0.250. The third-order valence-corrected chi connectivity index (χ3v) is 3.45. The first-order valence-corrected chi connectivity index (χ1v) is 7.03. The van der Waals surface area contributed by atoms with Crippen molar-refractivity contribution in [2.75, 3.05) is 0 Å². The maximum Gasteiger partial charge on any atom is 0.352 e. The zero-order valence-corrected chi connectivity index (χ0v) is 12.0. The summed E-state index contributed by atoms with van der Waals surface area (Å²) in [7, 11) is 0. The van der Waals surface area contributed by atoms with Crippen molar-refractivity contribution in [3.05, 3.63) is 59.4 Å². The van der Waals surface area contributed by atoms with E-state index in [9.17, 15) is 9.90 Å². The number of aromatic nitrogens is 1. The standard InChI is InChI=1S/C17H21NO2/c1-13(2)8-9-15-10-11-16(17(19)20)18(15)12-14-6-4-3-5-7-14/h3-7,10-11,13H,8-9,12H2,1-2H3,(H,19,20). The molecule has 0 bridgehead atoms. The molecule has 0 aliphatic carbocycles. The Morgan fingerprint density at radius 3 is 2.45 bits per heavy atom. The SMILES string of the molecule is CC(C)CCc1ccc(C(=O)O)n1Cc1ccccc1. The lowest BCUT2D eigenvalue weighted by atomic mass is 10.1. The average molecular weight is 271 g/mol. The molecule has 2 rings (SSSR count). The number of aryl methyl sites for hydroxylation is 1. The Balaban J connectivity index is 2.27. The van der Waals surface area contributed by atoms with Crippen molar-refractivity contribution in [1.82, 2.24) is 4.57 Å². The van der Waals surface area contributed by atoms with Crippen molar-refractivity contribution in [2.24, 2.45) is 5.92 Å². The topological polar surface area (TPSA) is 42.2 Å². The molecule has 1 aromatic heterocycles. The van der Waals surface area contributed by atoms with Crippen LogP contribution in [-0.4, -0.2) is 15.6 Å². The number of carbonyl (C=O) groups is 1. The Bertz CT molecular complexity index is 570. The summed E-state index contributed by atoms with van der Waals surface area (Å²) in [5, 5.41) is 9.31. The van der Waals surface area contributed by atoms with Gasteiger partial charge in [0, 0.05) is 12.2 Å².